The average molecular weight is 234 g/mol. The predicted octanol–water partition coefficient (Wildman–Crippen LogP) is 2.32. The predicted molar refractivity (Wildman–Crippen MR) is 62.5 cm³/mol. The fraction of sp³-hybridized carbons (Fsp3) is 0.417. The Bertz CT molecular complexity index is 507. The van der Waals surface area contributed by atoms with Crippen molar-refractivity contribution in [2.45, 2.75) is 33.1 Å². The summed E-state index contributed by atoms with van der Waals surface area (Å²) < 4.78 is 15.8. The van der Waals surface area contributed by atoms with Crippen LogP contribution >= 0.6 is 0 Å². The Morgan fingerprint density at radius 1 is 1.24 bits per heavy atom. The third-order valence-electron chi connectivity index (χ3n) is 2.60. The molecule has 0 aromatic carbocycles. The van der Waals surface area contributed by atoms with Gasteiger partial charge in [-0.3, -0.25) is 4.57 Å². The highest BCUT2D eigenvalue weighted by molar-refractivity contribution is 5.28. The van der Waals surface area contributed by atoms with Crippen molar-refractivity contribution in [3.63, 3.8) is 0 Å². The summed E-state index contributed by atoms with van der Waals surface area (Å²) in [6, 6.07) is 0. The third kappa shape index (κ3) is 2.18. The molecule has 2 rings (SSSR count). The molecule has 0 fully saturated rings. The highest BCUT2D eigenvalue weighted by Gasteiger charge is 2.13. The largest absolute Gasteiger partial charge is 0.285 e. The molecular formula is C12H15FN4. The molecule has 5 heteroatoms. The maximum absolute atomic E-state index is 14.1. The molecule has 2 heterocycles. The molecule has 0 spiro atoms. The molecule has 0 N–H and O–H groups in total. The van der Waals surface area contributed by atoms with E-state index in [4.69, 9.17) is 0 Å². The zero-order chi connectivity index (χ0) is 12.3. The Balaban J connectivity index is 2.49. The van der Waals surface area contributed by atoms with Crippen molar-refractivity contribution in [2.24, 2.45) is 0 Å². The van der Waals surface area contributed by atoms with Gasteiger partial charge in [0.15, 0.2) is 11.6 Å². The highest BCUT2D eigenvalue weighted by Crippen LogP contribution is 2.15. The van der Waals surface area contributed by atoms with E-state index in [-0.39, 0.29) is 11.6 Å². The van der Waals surface area contributed by atoms with Gasteiger partial charge in [0.25, 0.3) is 0 Å². The number of aryl methyl sites for hydroxylation is 2. The quantitative estimate of drug-likeness (QED) is 0.815. The number of nitrogens with zero attached hydrogens (tertiary/aromatic N) is 4. The first-order valence-electron chi connectivity index (χ1n) is 5.79. The van der Waals surface area contributed by atoms with Crippen LogP contribution < -0.4 is 0 Å². The molecule has 0 bridgehead atoms. The van der Waals surface area contributed by atoms with Crippen LogP contribution in [0.25, 0.3) is 5.82 Å². The van der Waals surface area contributed by atoms with Crippen molar-refractivity contribution < 1.29 is 4.39 Å². The molecule has 0 saturated heterocycles. The Hall–Kier alpha value is -1.78. The van der Waals surface area contributed by atoms with Crippen molar-refractivity contribution >= 4 is 0 Å². The molecule has 0 aliphatic carbocycles. The van der Waals surface area contributed by atoms with Crippen molar-refractivity contribution in [1.29, 1.82) is 0 Å². The van der Waals surface area contributed by atoms with Crippen molar-refractivity contribution in [1.82, 2.24) is 19.5 Å². The van der Waals surface area contributed by atoms with E-state index in [0.717, 1.165) is 18.7 Å². The van der Waals surface area contributed by atoms with Gasteiger partial charge in [-0.15, -0.1) is 0 Å². The zero-order valence-electron chi connectivity index (χ0n) is 10.0. The fourth-order valence-electron chi connectivity index (χ4n) is 1.75. The van der Waals surface area contributed by atoms with Crippen LogP contribution in [0.5, 0.6) is 0 Å². The SMILES string of the molecule is CCCc1nccn1-c1ncnc(CC)c1F. The maximum Gasteiger partial charge on any atom is 0.187 e. The summed E-state index contributed by atoms with van der Waals surface area (Å²) in [5, 5.41) is 0. The fourth-order valence-corrected chi connectivity index (χ4v) is 1.75. The molecule has 0 aliphatic rings. The van der Waals surface area contributed by atoms with Crippen LogP contribution in [0.1, 0.15) is 31.8 Å². The Kier molecular flexibility index (Phi) is 3.46. The Labute approximate surface area is 99.6 Å². The van der Waals surface area contributed by atoms with Gasteiger partial charge in [0.2, 0.25) is 0 Å². The summed E-state index contributed by atoms with van der Waals surface area (Å²) in [4.78, 5) is 12.1. The van der Waals surface area contributed by atoms with Crippen LogP contribution in [-0.2, 0) is 12.8 Å². The van der Waals surface area contributed by atoms with Gasteiger partial charge in [-0.25, -0.2) is 19.3 Å². The number of halogens is 1. The van der Waals surface area contributed by atoms with Gasteiger partial charge in [-0.05, 0) is 12.8 Å². The minimum atomic E-state index is -0.356. The molecule has 0 saturated carbocycles. The maximum atomic E-state index is 14.1. The van der Waals surface area contributed by atoms with Crippen molar-refractivity contribution in [2.75, 3.05) is 0 Å². The summed E-state index contributed by atoms with van der Waals surface area (Å²) in [5.74, 6) is 0.760. The topological polar surface area (TPSA) is 43.6 Å². The molecule has 90 valence electrons. The van der Waals surface area contributed by atoms with E-state index in [1.54, 1.807) is 17.0 Å². The zero-order valence-corrected chi connectivity index (χ0v) is 10.0. The average Bonchev–Trinajstić information content (AvgIpc) is 2.78. The van der Waals surface area contributed by atoms with E-state index in [1.165, 1.54) is 6.33 Å². The summed E-state index contributed by atoms with van der Waals surface area (Å²) in [6.07, 6.45) is 7.11. The second-order valence-corrected chi connectivity index (χ2v) is 3.77. The Morgan fingerprint density at radius 2 is 2.06 bits per heavy atom. The van der Waals surface area contributed by atoms with Crippen molar-refractivity contribution in [3.8, 4) is 5.82 Å². The van der Waals surface area contributed by atoms with E-state index < -0.39 is 0 Å². The molecule has 2 aromatic heterocycles. The van der Waals surface area contributed by atoms with E-state index >= 15 is 0 Å². The number of rotatable bonds is 4. The molecule has 0 atom stereocenters. The molecule has 0 unspecified atom stereocenters. The second-order valence-electron chi connectivity index (χ2n) is 3.77. The second kappa shape index (κ2) is 5.03. The molecule has 0 aliphatic heterocycles. The molecular weight excluding hydrogens is 219 g/mol. The van der Waals surface area contributed by atoms with Crippen LogP contribution in [0.2, 0.25) is 0 Å². The summed E-state index contributed by atoms with van der Waals surface area (Å²) in [5.41, 5.74) is 0.436. The van der Waals surface area contributed by atoms with Crippen LogP contribution in [0, 0.1) is 5.82 Å². The smallest absolute Gasteiger partial charge is 0.187 e. The van der Waals surface area contributed by atoms with Gasteiger partial charge in [-0.2, -0.15) is 0 Å². The summed E-state index contributed by atoms with van der Waals surface area (Å²) >= 11 is 0. The molecule has 17 heavy (non-hydrogen) atoms. The lowest BCUT2D eigenvalue weighted by molar-refractivity contribution is 0.578. The van der Waals surface area contributed by atoms with E-state index in [2.05, 4.69) is 21.9 Å². The first-order valence-corrected chi connectivity index (χ1v) is 5.79. The molecule has 0 amide bonds. The lowest BCUT2D eigenvalue weighted by atomic mass is 10.3. The monoisotopic (exact) mass is 234 g/mol. The van der Waals surface area contributed by atoms with E-state index in [1.807, 2.05) is 6.92 Å². The van der Waals surface area contributed by atoms with Gasteiger partial charge in [-0.1, -0.05) is 13.8 Å². The number of hydrogen-bond donors (Lipinski definition) is 0. The summed E-state index contributed by atoms with van der Waals surface area (Å²) in [7, 11) is 0. The van der Waals surface area contributed by atoms with E-state index in [9.17, 15) is 4.39 Å². The molecule has 4 nitrogen and oxygen atoms in total. The first-order chi connectivity index (χ1) is 8.27. The standard InChI is InChI=1S/C12H15FN4/c1-3-5-10-14-6-7-17(10)12-11(13)9(4-2)15-8-16-12/h6-8H,3-5H2,1-2H3. The van der Waals surface area contributed by atoms with E-state index in [0.29, 0.717) is 12.1 Å². The highest BCUT2D eigenvalue weighted by atomic mass is 19.1. The normalized spacial score (nSPS) is 10.8. The summed E-state index contributed by atoms with van der Waals surface area (Å²) in [6.45, 7) is 3.93. The lowest BCUT2D eigenvalue weighted by Crippen LogP contribution is -2.08. The van der Waals surface area contributed by atoms with Crippen LogP contribution in [0.15, 0.2) is 18.7 Å². The van der Waals surface area contributed by atoms with Gasteiger partial charge >= 0.3 is 0 Å². The Morgan fingerprint density at radius 3 is 2.76 bits per heavy atom. The number of hydrogen-bond acceptors (Lipinski definition) is 3. The first kappa shape index (κ1) is 11.7. The van der Waals surface area contributed by atoms with Gasteiger partial charge in [0.05, 0.1) is 5.69 Å². The lowest BCUT2D eigenvalue weighted by Gasteiger charge is -2.08. The van der Waals surface area contributed by atoms with Crippen LogP contribution in [0.3, 0.4) is 0 Å². The van der Waals surface area contributed by atoms with Crippen molar-refractivity contribution in [3.05, 3.63) is 36.1 Å². The van der Waals surface area contributed by atoms with Crippen LogP contribution in [0.4, 0.5) is 4.39 Å². The third-order valence-corrected chi connectivity index (χ3v) is 2.60. The number of imidazole rings is 1. The number of aromatic nitrogens is 4. The van der Waals surface area contributed by atoms with Crippen LogP contribution in [-0.4, -0.2) is 19.5 Å². The minimum absolute atomic E-state index is 0.290. The molecule has 0 radical (unpaired) electrons. The van der Waals surface area contributed by atoms with Gasteiger partial charge in [0, 0.05) is 18.8 Å². The van der Waals surface area contributed by atoms with Gasteiger partial charge in [0.1, 0.15) is 12.2 Å². The molecule has 2 aromatic rings. The van der Waals surface area contributed by atoms with Gasteiger partial charge < -0.3 is 0 Å². The minimum Gasteiger partial charge on any atom is -0.285 e.